The Hall–Kier alpha value is -1.78. The quantitative estimate of drug-likeness (QED) is 0.702. The highest BCUT2D eigenvalue weighted by Crippen LogP contribution is 2.23. The molecule has 0 unspecified atom stereocenters. The molecule has 0 aliphatic carbocycles. The van der Waals surface area contributed by atoms with E-state index in [1.165, 1.54) is 20.3 Å². The van der Waals surface area contributed by atoms with Gasteiger partial charge in [0.05, 0.1) is 20.8 Å². The van der Waals surface area contributed by atoms with Crippen molar-refractivity contribution >= 4 is 5.97 Å². The molecule has 0 amide bonds. The van der Waals surface area contributed by atoms with Gasteiger partial charge in [-0.15, -0.1) is 0 Å². The molecule has 0 fully saturated rings. The minimum Gasteiger partial charge on any atom is -0.491 e. The average Bonchev–Trinajstić information content (AvgIpc) is 2.28. The lowest BCUT2D eigenvalue weighted by Gasteiger charge is -2.07. The Labute approximate surface area is 88.0 Å². The number of nitrogens with zero attached hydrogens (tertiary/aromatic N) is 1. The maximum Gasteiger partial charge on any atom is 0.357 e. The number of esters is 1. The van der Waals surface area contributed by atoms with Gasteiger partial charge in [-0.25, -0.2) is 9.78 Å². The van der Waals surface area contributed by atoms with Crippen LogP contribution in [0.25, 0.3) is 0 Å². The van der Waals surface area contributed by atoms with Gasteiger partial charge in [0.15, 0.2) is 11.4 Å². The largest absolute Gasteiger partial charge is 0.491 e. The molecule has 5 nitrogen and oxygen atoms in total. The van der Waals surface area contributed by atoms with E-state index in [0.29, 0.717) is 12.4 Å². The van der Waals surface area contributed by atoms with E-state index >= 15 is 0 Å². The predicted molar refractivity (Wildman–Crippen MR) is 53.3 cm³/mol. The van der Waals surface area contributed by atoms with E-state index in [-0.39, 0.29) is 11.6 Å². The maximum absolute atomic E-state index is 11.3. The third-order valence-corrected chi connectivity index (χ3v) is 1.72. The highest BCUT2D eigenvalue weighted by molar-refractivity contribution is 5.87. The summed E-state index contributed by atoms with van der Waals surface area (Å²) in [5, 5.41) is 0. The Bertz CT molecular complexity index is 351. The minimum absolute atomic E-state index is 0.203. The number of carbonyl (C=O) groups excluding carboxylic acids is 1. The fourth-order valence-electron chi connectivity index (χ4n) is 1.05. The van der Waals surface area contributed by atoms with Crippen LogP contribution in [0.1, 0.15) is 17.4 Å². The van der Waals surface area contributed by atoms with Gasteiger partial charge in [-0.1, -0.05) is 0 Å². The van der Waals surface area contributed by atoms with Crippen LogP contribution in [0.5, 0.6) is 11.6 Å². The fraction of sp³-hybridized carbons (Fsp3) is 0.400. The Morgan fingerprint density at radius 1 is 1.33 bits per heavy atom. The number of hydrogen-bond donors (Lipinski definition) is 0. The van der Waals surface area contributed by atoms with Gasteiger partial charge in [-0.3, -0.25) is 0 Å². The van der Waals surface area contributed by atoms with Crippen LogP contribution in [-0.2, 0) is 4.74 Å². The summed E-state index contributed by atoms with van der Waals surface area (Å²) in [7, 11) is 2.96. The molecule has 0 aliphatic rings. The number of rotatable bonds is 4. The Balaban J connectivity index is 2.97. The zero-order chi connectivity index (χ0) is 11.3. The SMILES string of the molecule is CCOC(=O)c1ccc(OC)c(OC)n1. The van der Waals surface area contributed by atoms with Crippen molar-refractivity contribution in [2.24, 2.45) is 0 Å². The Kier molecular flexibility index (Phi) is 3.91. The van der Waals surface area contributed by atoms with Gasteiger partial charge in [0.2, 0.25) is 0 Å². The molecule has 0 aliphatic heterocycles. The number of ether oxygens (including phenoxy) is 3. The van der Waals surface area contributed by atoms with Gasteiger partial charge in [-0.2, -0.15) is 0 Å². The molecule has 0 saturated heterocycles. The topological polar surface area (TPSA) is 57.7 Å². The van der Waals surface area contributed by atoms with E-state index in [1.807, 2.05) is 0 Å². The Morgan fingerprint density at radius 3 is 2.60 bits per heavy atom. The molecular formula is C10H13NO4. The van der Waals surface area contributed by atoms with Crippen LogP contribution in [0.15, 0.2) is 12.1 Å². The lowest BCUT2D eigenvalue weighted by Crippen LogP contribution is -2.08. The molecule has 0 aromatic carbocycles. The summed E-state index contributed by atoms with van der Waals surface area (Å²) in [5.74, 6) is 0.270. The summed E-state index contributed by atoms with van der Waals surface area (Å²) in [4.78, 5) is 15.3. The summed E-state index contributed by atoms with van der Waals surface area (Å²) in [6, 6.07) is 3.14. The number of aromatic nitrogens is 1. The van der Waals surface area contributed by atoms with Crippen LogP contribution >= 0.6 is 0 Å². The average molecular weight is 211 g/mol. The maximum atomic E-state index is 11.3. The van der Waals surface area contributed by atoms with Crippen molar-refractivity contribution in [3.63, 3.8) is 0 Å². The fourth-order valence-corrected chi connectivity index (χ4v) is 1.05. The van der Waals surface area contributed by atoms with Crippen molar-refractivity contribution in [3.8, 4) is 11.6 Å². The third kappa shape index (κ3) is 2.59. The van der Waals surface area contributed by atoms with Crippen molar-refractivity contribution in [2.75, 3.05) is 20.8 Å². The van der Waals surface area contributed by atoms with Crippen molar-refractivity contribution in [1.29, 1.82) is 0 Å². The van der Waals surface area contributed by atoms with Crippen LogP contribution < -0.4 is 9.47 Å². The molecule has 5 heteroatoms. The molecule has 82 valence electrons. The van der Waals surface area contributed by atoms with Crippen molar-refractivity contribution < 1.29 is 19.0 Å². The molecule has 0 bridgehead atoms. The first kappa shape index (κ1) is 11.3. The summed E-state index contributed by atoms with van der Waals surface area (Å²) < 4.78 is 14.8. The zero-order valence-corrected chi connectivity index (χ0v) is 8.94. The molecule has 15 heavy (non-hydrogen) atoms. The monoisotopic (exact) mass is 211 g/mol. The first-order valence-corrected chi connectivity index (χ1v) is 4.49. The minimum atomic E-state index is -0.474. The van der Waals surface area contributed by atoms with Crippen molar-refractivity contribution in [3.05, 3.63) is 17.8 Å². The van der Waals surface area contributed by atoms with Crippen LogP contribution in [0.2, 0.25) is 0 Å². The van der Waals surface area contributed by atoms with Crippen LogP contribution in [0.3, 0.4) is 0 Å². The standard InChI is InChI=1S/C10H13NO4/c1-4-15-10(12)7-5-6-8(13-2)9(11-7)14-3/h5-6H,4H2,1-3H3. The van der Waals surface area contributed by atoms with Crippen LogP contribution in [0, 0.1) is 0 Å². The van der Waals surface area contributed by atoms with Crippen molar-refractivity contribution in [1.82, 2.24) is 4.98 Å². The van der Waals surface area contributed by atoms with Gasteiger partial charge in [0.1, 0.15) is 0 Å². The third-order valence-electron chi connectivity index (χ3n) is 1.72. The van der Waals surface area contributed by atoms with Gasteiger partial charge in [-0.05, 0) is 19.1 Å². The first-order valence-electron chi connectivity index (χ1n) is 4.49. The Morgan fingerprint density at radius 2 is 2.07 bits per heavy atom. The first-order chi connectivity index (χ1) is 7.22. The predicted octanol–water partition coefficient (Wildman–Crippen LogP) is 1.28. The lowest BCUT2D eigenvalue weighted by molar-refractivity contribution is 0.0518. The summed E-state index contributed by atoms with van der Waals surface area (Å²) in [6.07, 6.45) is 0. The molecule has 0 spiro atoms. The highest BCUT2D eigenvalue weighted by Gasteiger charge is 2.12. The number of hydrogen-bond acceptors (Lipinski definition) is 5. The van der Waals surface area contributed by atoms with Gasteiger partial charge < -0.3 is 14.2 Å². The van der Waals surface area contributed by atoms with Crippen molar-refractivity contribution in [2.45, 2.75) is 6.92 Å². The van der Waals surface area contributed by atoms with E-state index in [4.69, 9.17) is 14.2 Å². The molecule has 1 aromatic rings. The number of carbonyl (C=O) groups is 1. The van der Waals surface area contributed by atoms with E-state index in [0.717, 1.165) is 0 Å². The molecule has 1 heterocycles. The molecule has 1 rings (SSSR count). The van der Waals surface area contributed by atoms with Crippen LogP contribution in [0.4, 0.5) is 0 Å². The van der Waals surface area contributed by atoms with E-state index < -0.39 is 5.97 Å². The number of pyridine rings is 1. The van der Waals surface area contributed by atoms with E-state index in [9.17, 15) is 4.79 Å². The second kappa shape index (κ2) is 5.19. The molecule has 0 radical (unpaired) electrons. The van der Waals surface area contributed by atoms with E-state index in [1.54, 1.807) is 13.0 Å². The molecule has 0 N–H and O–H groups in total. The van der Waals surface area contributed by atoms with Gasteiger partial charge >= 0.3 is 5.97 Å². The second-order valence-corrected chi connectivity index (χ2v) is 2.63. The highest BCUT2D eigenvalue weighted by atomic mass is 16.5. The lowest BCUT2D eigenvalue weighted by atomic mass is 10.3. The normalized spacial score (nSPS) is 9.53. The smallest absolute Gasteiger partial charge is 0.357 e. The second-order valence-electron chi connectivity index (χ2n) is 2.63. The summed E-state index contributed by atoms with van der Waals surface area (Å²) in [6.45, 7) is 2.05. The molecule has 1 aromatic heterocycles. The zero-order valence-electron chi connectivity index (χ0n) is 8.94. The summed E-state index contributed by atoms with van der Waals surface area (Å²) in [5.41, 5.74) is 0.203. The molecular weight excluding hydrogens is 198 g/mol. The van der Waals surface area contributed by atoms with Gasteiger partial charge in [0.25, 0.3) is 5.88 Å². The number of methoxy groups -OCH3 is 2. The van der Waals surface area contributed by atoms with Crippen LogP contribution in [-0.4, -0.2) is 31.8 Å². The van der Waals surface area contributed by atoms with E-state index in [2.05, 4.69) is 4.98 Å². The molecule has 0 atom stereocenters. The summed E-state index contributed by atoms with van der Waals surface area (Å²) >= 11 is 0. The van der Waals surface area contributed by atoms with Gasteiger partial charge in [0, 0.05) is 0 Å². The molecule has 0 saturated carbocycles.